The minimum absolute atomic E-state index is 0.281. The zero-order chi connectivity index (χ0) is 16.4. The molecule has 0 saturated carbocycles. The maximum Gasteiger partial charge on any atom is 0.270 e. The van der Waals surface area contributed by atoms with Gasteiger partial charge < -0.3 is 4.90 Å². The van der Waals surface area contributed by atoms with Gasteiger partial charge in [-0.3, -0.25) is 10.1 Å². The number of hydrogen-bond acceptors (Lipinski definition) is 8. The maximum absolute atomic E-state index is 12.5. The highest BCUT2D eigenvalue weighted by Crippen LogP contribution is 2.22. The van der Waals surface area contributed by atoms with Gasteiger partial charge in [0, 0.05) is 13.1 Å². The van der Waals surface area contributed by atoms with E-state index in [1.165, 1.54) is 28.8 Å². The smallest absolute Gasteiger partial charge is 0.270 e. The molecule has 4 rings (SSSR count). The van der Waals surface area contributed by atoms with Crippen LogP contribution in [0.5, 0.6) is 0 Å². The fourth-order valence-corrected chi connectivity index (χ4v) is 3.41. The van der Waals surface area contributed by atoms with Crippen LogP contribution in [-0.2, 0) is 0 Å². The number of amides is 1. The highest BCUT2D eigenvalue weighted by Gasteiger charge is 2.19. The molecule has 124 valence electrons. The molecule has 2 N–H and O–H groups in total. The number of aromatic nitrogens is 7. The molecule has 4 heterocycles. The molecule has 0 radical (unpaired) electrons. The fourth-order valence-electron chi connectivity index (χ4n) is 2.63. The number of rotatable bonds is 4. The van der Waals surface area contributed by atoms with Crippen molar-refractivity contribution in [2.75, 3.05) is 23.3 Å². The lowest BCUT2D eigenvalue weighted by Gasteiger charge is -2.24. The SMILES string of the molecule is O=C(Nc1nc(N2CCCCC2)n[nH]1)c1sccc1-n1cnnn1. The first-order valence-electron chi connectivity index (χ1n) is 7.61. The van der Waals surface area contributed by atoms with Gasteiger partial charge in [0.05, 0.1) is 5.69 Å². The molecule has 1 aliphatic heterocycles. The average molecular weight is 345 g/mol. The first kappa shape index (κ1) is 14.8. The number of anilines is 2. The molecule has 0 aliphatic carbocycles. The van der Waals surface area contributed by atoms with Crippen LogP contribution in [0.4, 0.5) is 11.9 Å². The van der Waals surface area contributed by atoms with Gasteiger partial charge in [0.2, 0.25) is 11.9 Å². The lowest BCUT2D eigenvalue weighted by atomic mass is 10.1. The predicted octanol–water partition coefficient (Wildman–Crippen LogP) is 1.08. The van der Waals surface area contributed by atoms with Gasteiger partial charge in [0.25, 0.3) is 5.91 Å². The highest BCUT2D eigenvalue weighted by atomic mass is 32.1. The summed E-state index contributed by atoms with van der Waals surface area (Å²) in [6.07, 6.45) is 4.96. The second kappa shape index (κ2) is 6.35. The third-order valence-corrected chi connectivity index (χ3v) is 4.69. The van der Waals surface area contributed by atoms with E-state index >= 15 is 0 Å². The molecule has 1 amide bonds. The van der Waals surface area contributed by atoms with Gasteiger partial charge in [-0.05, 0) is 41.1 Å². The van der Waals surface area contributed by atoms with Crippen LogP contribution in [0.2, 0.25) is 0 Å². The first-order valence-corrected chi connectivity index (χ1v) is 8.49. The van der Waals surface area contributed by atoms with Crippen molar-refractivity contribution in [3.8, 4) is 5.69 Å². The largest absolute Gasteiger partial charge is 0.340 e. The Morgan fingerprint density at radius 1 is 1.29 bits per heavy atom. The summed E-state index contributed by atoms with van der Waals surface area (Å²) in [7, 11) is 0. The summed E-state index contributed by atoms with van der Waals surface area (Å²) in [6, 6.07) is 1.79. The van der Waals surface area contributed by atoms with Crippen LogP contribution in [0.15, 0.2) is 17.8 Å². The number of aromatic amines is 1. The molecule has 0 aromatic carbocycles. The summed E-state index contributed by atoms with van der Waals surface area (Å²) in [4.78, 5) is 19.5. The van der Waals surface area contributed by atoms with Gasteiger partial charge in [0.15, 0.2) is 0 Å². The van der Waals surface area contributed by atoms with Crippen molar-refractivity contribution < 1.29 is 4.79 Å². The van der Waals surface area contributed by atoms with E-state index in [4.69, 9.17) is 0 Å². The number of thiophene rings is 1. The van der Waals surface area contributed by atoms with Gasteiger partial charge in [-0.25, -0.2) is 5.10 Å². The van der Waals surface area contributed by atoms with Crippen molar-refractivity contribution in [1.82, 2.24) is 35.4 Å². The molecular formula is C13H15N9OS. The molecule has 0 spiro atoms. The van der Waals surface area contributed by atoms with E-state index in [0.29, 0.717) is 22.5 Å². The molecule has 0 bridgehead atoms. The lowest BCUT2D eigenvalue weighted by Crippen LogP contribution is -2.30. The number of carbonyl (C=O) groups excluding carboxylic acids is 1. The third-order valence-electron chi connectivity index (χ3n) is 3.79. The molecule has 0 unspecified atom stereocenters. The van der Waals surface area contributed by atoms with E-state index in [1.807, 2.05) is 5.38 Å². The quantitative estimate of drug-likeness (QED) is 0.726. The van der Waals surface area contributed by atoms with Gasteiger partial charge in [-0.2, -0.15) is 9.67 Å². The van der Waals surface area contributed by atoms with Crippen molar-refractivity contribution in [2.45, 2.75) is 19.3 Å². The van der Waals surface area contributed by atoms with Gasteiger partial charge in [-0.1, -0.05) is 0 Å². The Morgan fingerprint density at radius 3 is 2.96 bits per heavy atom. The maximum atomic E-state index is 12.5. The predicted molar refractivity (Wildman–Crippen MR) is 87.4 cm³/mol. The Morgan fingerprint density at radius 2 is 2.17 bits per heavy atom. The van der Waals surface area contributed by atoms with E-state index in [1.54, 1.807) is 6.07 Å². The molecule has 3 aromatic heterocycles. The Kier molecular flexibility index (Phi) is 3.91. The molecular weight excluding hydrogens is 330 g/mol. The number of piperidine rings is 1. The molecule has 3 aromatic rings. The van der Waals surface area contributed by atoms with Gasteiger partial charge in [-0.15, -0.1) is 21.5 Å². The van der Waals surface area contributed by atoms with E-state index in [9.17, 15) is 4.79 Å². The number of carbonyl (C=O) groups is 1. The fraction of sp³-hybridized carbons (Fsp3) is 0.385. The topological polar surface area (TPSA) is 118 Å². The second-order valence-electron chi connectivity index (χ2n) is 5.38. The average Bonchev–Trinajstić information content (AvgIpc) is 3.36. The molecule has 1 aliphatic rings. The number of hydrogen-bond donors (Lipinski definition) is 2. The van der Waals surface area contributed by atoms with Gasteiger partial charge >= 0.3 is 0 Å². The summed E-state index contributed by atoms with van der Waals surface area (Å²) in [5.74, 6) is 0.672. The molecule has 1 saturated heterocycles. The van der Waals surface area contributed by atoms with Crippen molar-refractivity contribution in [3.05, 3.63) is 22.7 Å². The van der Waals surface area contributed by atoms with Crippen molar-refractivity contribution in [3.63, 3.8) is 0 Å². The molecule has 11 heteroatoms. The monoisotopic (exact) mass is 345 g/mol. The van der Waals surface area contributed by atoms with Crippen LogP contribution in [0.3, 0.4) is 0 Å². The van der Waals surface area contributed by atoms with E-state index in [0.717, 1.165) is 25.9 Å². The Balaban J connectivity index is 1.49. The molecule has 24 heavy (non-hydrogen) atoms. The lowest BCUT2D eigenvalue weighted by molar-refractivity contribution is 0.102. The number of nitrogens with zero attached hydrogens (tertiary/aromatic N) is 7. The standard InChI is InChI=1S/C13H15N9OS/c23-11(10-9(4-7-24-10)22-8-14-19-20-22)15-12-16-13(18-17-12)21-5-2-1-3-6-21/h4,7-8H,1-3,5-6H2,(H2,15,16,17,18,23). The second-order valence-corrected chi connectivity index (χ2v) is 6.29. The summed E-state index contributed by atoms with van der Waals surface area (Å²) in [5.41, 5.74) is 0.623. The van der Waals surface area contributed by atoms with Crippen LogP contribution in [-0.4, -0.2) is 54.4 Å². The first-order chi connectivity index (χ1) is 11.8. The van der Waals surface area contributed by atoms with Crippen LogP contribution in [0, 0.1) is 0 Å². The van der Waals surface area contributed by atoms with Crippen molar-refractivity contribution in [1.29, 1.82) is 0 Å². The summed E-state index contributed by atoms with van der Waals surface area (Å²) >= 11 is 1.31. The summed E-state index contributed by atoms with van der Waals surface area (Å²) in [5, 5.41) is 22.5. The molecule has 10 nitrogen and oxygen atoms in total. The number of H-pyrrole nitrogens is 1. The third kappa shape index (κ3) is 2.85. The molecule has 0 atom stereocenters. The zero-order valence-corrected chi connectivity index (χ0v) is 13.5. The van der Waals surface area contributed by atoms with Crippen LogP contribution >= 0.6 is 11.3 Å². The van der Waals surface area contributed by atoms with Crippen molar-refractivity contribution >= 4 is 29.1 Å². The van der Waals surface area contributed by atoms with Crippen LogP contribution in [0.25, 0.3) is 5.69 Å². The van der Waals surface area contributed by atoms with E-state index in [2.05, 4.69) is 40.9 Å². The normalized spacial score (nSPS) is 14.8. The molecule has 1 fully saturated rings. The Labute approximate surface area is 140 Å². The number of tetrazole rings is 1. The van der Waals surface area contributed by atoms with Crippen LogP contribution < -0.4 is 10.2 Å². The summed E-state index contributed by atoms with van der Waals surface area (Å²) in [6.45, 7) is 1.89. The van der Waals surface area contributed by atoms with Crippen molar-refractivity contribution in [2.24, 2.45) is 0 Å². The zero-order valence-electron chi connectivity index (χ0n) is 12.7. The Bertz CT molecular complexity index is 818. The van der Waals surface area contributed by atoms with Crippen LogP contribution in [0.1, 0.15) is 28.9 Å². The summed E-state index contributed by atoms with van der Waals surface area (Å²) < 4.78 is 1.45. The van der Waals surface area contributed by atoms with E-state index in [-0.39, 0.29) is 5.91 Å². The number of nitrogens with one attached hydrogen (secondary N) is 2. The van der Waals surface area contributed by atoms with E-state index < -0.39 is 0 Å². The minimum atomic E-state index is -0.281. The highest BCUT2D eigenvalue weighted by molar-refractivity contribution is 7.12. The minimum Gasteiger partial charge on any atom is -0.340 e. The van der Waals surface area contributed by atoms with Gasteiger partial charge in [0.1, 0.15) is 11.2 Å². The Hall–Kier alpha value is -2.82.